The molecule has 2 heteroatoms. The Morgan fingerprint density at radius 3 is 3.25 bits per heavy atom. The molecule has 0 fully saturated rings. The third-order valence-corrected chi connectivity index (χ3v) is 3.26. The van der Waals surface area contributed by atoms with Gasteiger partial charge >= 0.3 is 0 Å². The second-order valence-corrected chi connectivity index (χ2v) is 4.02. The minimum atomic E-state index is 0.171. The fourth-order valence-corrected chi connectivity index (χ4v) is 2.67. The van der Waals surface area contributed by atoms with E-state index in [9.17, 15) is 0 Å². The quantitative estimate of drug-likeness (QED) is 0.704. The molecule has 0 radical (unpaired) electrons. The zero-order chi connectivity index (χ0) is 8.39. The number of allylic oxidation sites excluding steroid dienone is 1. The largest absolute Gasteiger partial charge is 0.392 e. The molecule has 0 spiro atoms. The summed E-state index contributed by atoms with van der Waals surface area (Å²) < 4.78 is 0. The number of aliphatic hydroxyl groups is 1. The van der Waals surface area contributed by atoms with Crippen LogP contribution in [-0.4, -0.2) is 11.7 Å². The van der Waals surface area contributed by atoms with Crippen LogP contribution in [-0.2, 0) is 6.42 Å². The third kappa shape index (κ3) is 1.32. The highest BCUT2D eigenvalue weighted by molar-refractivity contribution is 7.10. The molecule has 64 valence electrons. The van der Waals surface area contributed by atoms with Gasteiger partial charge in [-0.05, 0) is 41.8 Å². The first kappa shape index (κ1) is 8.02. The Balaban J connectivity index is 2.38. The van der Waals surface area contributed by atoms with E-state index < -0.39 is 0 Å². The maximum atomic E-state index is 8.81. The monoisotopic (exact) mass is 180 g/mol. The van der Waals surface area contributed by atoms with Crippen LogP contribution in [0.5, 0.6) is 0 Å². The van der Waals surface area contributed by atoms with Crippen molar-refractivity contribution >= 4 is 16.9 Å². The predicted molar refractivity (Wildman–Crippen MR) is 52.3 cm³/mol. The summed E-state index contributed by atoms with van der Waals surface area (Å²) in [5.41, 5.74) is 2.71. The summed E-state index contributed by atoms with van der Waals surface area (Å²) in [5, 5.41) is 10.9. The van der Waals surface area contributed by atoms with Gasteiger partial charge in [0.25, 0.3) is 0 Å². The molecule has 1 aliphatic carbocycles. The number of aliphatic hydroxyl groups excluding tert-OH is 1. The topological polar surface area (TPSA) is 20.2 Å². The lowest BCUT2D eigenvalue weighted by Crippen LogP contribution is -1.97. The third-order valence-electron chi connectivity index (χ3n) is 2.28. The van der Waals surface area contributed by atoms with E-state index in [1.165, 1.54) is 28.9 Å². The smallest absolute Gasteiger partial charge is 0.0618 e. The first-order valence-electron chi connectivity index (χ1n) is 4.28. The average molecular weight is 180 g/mol. The van der Waals surface area contributed by atoms with E-state index >= 15 is 0 Å². The molecule has 0 saturated heterocycles. The van der Waals surface area contributed by atoms with Crippen LogP contribution in [0, 0.1) is 0 Å². The fourth-order valence-electron chi connectivity index (χ4n) is 1.72. The molecule has 0 aromatic carbocycles. The van der Waals surface area contributed by atoms with Gasteiger partial charge in [0.1, 0.15) is 0 Å². The normalized spacial score (nSPS) is 19.6. The van der Waals surface area contributed by atoms with Crippen LogP contribution in [0.15, 0.2) is 17.5 Å². The van der Waals surface area contributed by atoms with Crippen molar-refractivity contribution < 1.29 is 5.11 Å². The van der Waals surface area contributed by atoms with E-state index in [-0.39, 0.29) is 6.61 Å². The summed E-state index contributed by atoms with van der Waals surface area (Å²) in [5.74, 6) is 0. The summed E-state index contributed by atoms with van der Waals surface area (Å²) in [6.07, 6.45) is 5.52. The predicted octanol–water partition coefficient (Wildman–Crippen LogP) is 2.46. The Kier molecular flexibility index (Phi) is 2.28. The molecule has 1 heterocycles. The molecular weight excluding hydrogens is 168 g/mol. The highest BCUT2D eigenvalue weighted by Gasteiger charge is 2.13. The molecule has 0 unspecified atom stereocenters. The number of thiophene rings is 1. The van der Waals surface area contributed by atoms with E-state index in [0.717, 1.165) is 6.42 Å². The molecule has 0 bridgehead atoms. The average Bonchev–Trinajstić information content (AvgIpc) is 2.53. The molecule has 1 nitrogen and oxygen atoms in total. The minimum Gasteiger partial charge on any atom is -0.392 e. The second kappa shape index (κ2) is 3.42. The van der Waals surface area contributed by atoms with E-state index in [1.807, 2.05) is 17.4 Å². The fraction of sp³-hybridized carbons (Fsp3) is 0.400. The van der Waals surface area contributed by atoms with Gasteiger partial charge in [-0.2, -0.15) is 0 Å². The second-order valence-electron chi connectivity index (χ2n) is 3.02. The Morgan fingerprint density at radius 2 is 2.42 bits per heavy atom. The molecule has 1 aromatic rings. The Bertz CT molecular complexity index is 299. The lowest BCUT2D eigenvalue weighted by Gasteiger charge is -2.14. The van der Waals surface area contributed by atoms with Gasteiger partial charge in [0, 0.05) is 4.88 Å². The molecule has 1 aromatic heterocycles. The van der Waals surface area contributed by atoms with Crippen molar-refractivity contribution in [2.24, 2.45) is 0 Å². The number of hydrogen-bond donors (Lipinski definition) is 1. The minimum absolute atomic E-state index is 0.171. The lowest BCUT2D eigenvalue weighted by atomic mass is 9.93. The van der Waals surface area contributed by atoms with Crippen LogP contribution in [0.4, 0.5) is 0 Å². The first-order valence-corrected chi connectivity index (χ1v) is 5.16. The molecule has 1 aliphatic rings. The SMILES string of the molecule is OC/C=C1/CCCc2sccc21. The highest BCUT2D eigenvalue weighted by Crippen LogP contribution is 2.33. The maximum absolute atomic E-state index is 8.81. The van der Waals surface area contributed by atoms with Gasteiger partial charge in [0.2, 0.25) is 0 Å². The van der Waals surface area contributed by atoms with Crippen molar-refractivity contribution in [3.63, 3.8) is 0 Å². The van der Waals surface area contributed by atoms with Crippen LogP contribution >= 0.6 is 11.3 Å². The van der Waals surface area contributed by atoms with Gasteiger partial charge in [-0.3, -0.25) is 0 Å². The molecule has 0 saturated carbocycles. The Hall–Kier alpha value is -0.600. The zero-order valence-corrected chi connectivity index (χ0v) is 7.73. The summed E-state index contributed by atoms with van der Waals surface area (Å²) in [7, 11) is 0. The van der Waals surface area contributed by atoms with Gasteiger partial charge in [-0.15, -0.1) is 11.3 Å². The van der Waals surface area contributed by atoms with Crippen LogP contribution in [0.3, 0.4) is 0 Å². The summed E-state index contributed by atoms with van der Waals surface area (Å²) in [6, 6.07) is 2.17. The summed E-state index contributed by atoms with van der Waals surface area (Å²) in [4.78, 5) is 1.49. The first-order chi connectivity index (χ1) is 5.92. The van der Waals surface area contributed by atoms with Gasteiger partial charge in [0.05, 0.1) is 6.61 Å². The van der Waals surface area contributed by atoms with E-state index in [2.05, 4.69) is 11.4 Å². The number of hydrogen-bond acceptors (Lipinski definition) is 2. The highest BCUT2D eigenvalue weighted by atomic mass is 32.1. The maximum Gasteiger partial charge on any atom is 0.0618 e. The van der Waals surface area contributed by atoms with Gasteiger partial charge < -0.3 is 5.11 Å². The van der Waals surface area contributed by atoms with Crippen molar-refractivity contribution in [2.75, 3.05) is 6.61 Å². The van der Waals surface area contributed by atoms with Crippen molar-refractivity contribution in [3.8, 4) is 0 Å². The van der Waals surface area contributed by atoms with Gasteiger partial charge in [0.15, 0.2) is 0 Å². The Labute approximate surface area is 76.4 Å². The van der Waals surface area contributed by atoms with Crippen molar-refractivity contribution in [3.05, 3.63) is 28.0 Å². The Morgan fingerprint density at radius 1 is 1.50 bits per heavy atom. The van der Waals surface area contributed by atoms with E-state index in [4.69, 9.17) is 5.11 Å². The molecule has 1 N–H and O–H groups in total. The van der Waals surface area contributed by atoms with E-state index in [1.54, 1.807) is 0 Å². The van der Waals surface area contributed by atoms with Crippen molar-refractivity contribution in [1.29, 1.82) is 0 Å². The summed E-state index contributed by atoms with van der Waals surface area (Å²) in [6.45, 7) is 0.171. The standard InChI is InChI=1S/C10H12OS/c11-6-4-8-2-1-3-10-9(8)5-7-12-10/h4-5,7,11H,1-3,6H2/b8-4-. The molecular formula is C10H12OS. The molecule has 0 atom stereocenters. The van der Waals surface area contributed by atoms with Crippen molar-refractivity contribution in [1.82, 2.24) is 0 Å². The lowest BCUT2D eigenvalue weighted by molar-refractivity contribution is 0.343. The van der Waals surface area contributed by atoms with Crippen LogP contribution in [0.25, 0.3) is 5.57 Å². The molecule has 2 rings (SSSR count). The number of rotatable bonds is 1. The van der Waals surface area contributed by atoms with Crippen LogP contribution in [0.2, 0.25) is 0 Å². The number of fused-ring (bicyclic) bond motifs is 1. The number of aryl methyl sites for hydroxylation is 1. The molecule has 0 aliphatic heterocycles. The van der Waals surface area contributed by atoms with Gasteiger partial charge in [-0.1, -0.05) is 6.08 Å². The van der Waals surface area contributed by atoms with E-state index in [0.29, 0.717) is 0 Å². The molecule has 0 amide bonds. The summed E-state index contributed by atoms with van der Waals surface area (Å²) >= 11 is 1.83. The van der Waals surface area contributed by atoms with Crippen molar-refractivity contribution in [2.45, 2.75) is 19.3 Å². The van der Waals surface area contributed by atoms with Crippen LogP contribution in [0.1, 0.15) is 23.3 Å². The molecule has 12 heavy (non-hydrogen) atoms. The van der Waals surface area contributed by atoms with Gasteiger partial charge in [-0.25, -0.2) is 0 Å². The van der Waals surface area contributed by atoms with Crippen LogP contribution < -0.4 is 0 Å². The zero-order valence-electron chi connectivity index (χ0n) is 6.92.